The fourth-order valence-electron chi connectivity index (χ4n) is 2.42. The molecule has 0 bridgehead atoms. The first-order valence-corrected chi connectivity index (χ1v) is 5.95. The average Bonchev–Trinajstić information content (AvgIpc) is 2.52. The molecule has 17 heavy (non-hydrogen) atoms. The number of imide groups is 1. The van der Waals surface area contributed by atoms with Crippen molar-refractivity contribution < 1.29 is 9.59 Å². The Morgan fingerprint density at radius 2 is 2.00 bits per heavy atom. The van der Waals surface area contributed by atoms with E-state index in [1.165, 1.54) is 11.8 Å². The summed E-state index contributed by atoms with van der Waals surface area (Å²) in [5, 5.41) is 0. The number of amides is 2. The van der Waals surface area contributed by atoms with Crippen LogP contribution in [-0.4, -0.2) is 11.8 Å². The number of rotatable bonds is 2. The SMILES string of the molecule is CC(=O)N1C(=O)C(CC(C)C)c2ccccc21. The van der Waals surface area contributed by atoms with E-state index in [1.54, 1.807) is 0 Å². The maximum absolute atomic E-state index is 12.2. The Morgan fingerprint density at radius 1 is 1.35 bits per heavy atom. The van der Waals surface area contributed by atoms with Gasteiger partial charge in [-0.1, -0.05) is 32.0 Å². The molecule has 90 valence electrons. The molecule has 1 aromatic rings. The van der Waals surface area contributed by atoms with Crippen molar-refractivity contribution in [1.82, 2.24) is 0 Å². The summed E-state index contributed by atoms with van der Waals surface area (Å²) in [6.07, 6.45) is 0.791. The molecular weight excluding hydrogens is 214 g/mol. The second-order valence-electron chi connectivity index (χ2n) is 4.93. The van der Waals surface area contributed by atoms with Gasteiger partial charge in [-0.15, -0.1) is 0 Å². The van der Waals surface area contributed by atoms with E-state index in [1.807, 2.05) is 24.3 Å². The summed E-state index contributed by atoms with van der Waals surface area (Å²) in [7, 11) is 0. The minimum absolute atomic E-state index is 0.0765. The van der Waals surface area contributed by atoms with E-state index in [9.17, 15) is 9.59 Å². The van der Waals surface area contributed by atoms with E-state index in [-0.39, 0.29) is 17.7 Å². The van der Waals surface area contributed by atoms with Crippen molar-refractivity contribution >= 4 is 17.5 Å². The van der Waals surface area contributed by atoms with Crippen LogP contribution in [0.5, 0.6) is 0 Å². The largest absolute Gasteiger partial charge is 0.274 e. The lowest BCUT2D eigenvalue weighted by molar-refractivity contribution is -0.125. The summed E-state index contributed by atoms with van der Waals surface area (Å²) >= 11 is 0. The quantitative estimate of drug-likeness (QED) is 0.784. The second kappa shape index (κ2) is 4.32. The molecular formula is C14H17NO2. The Hall–Kier alpha value is -1.64. The summed E-state index contributed by atoms with van der Waals surface area (Å²) in [6, 6.07) is 7.57. The van der Waals surface area contributed by atoms with Gasteiger partial charge in [0, 0.05) is 6.92 Å². The van der Waals surface area contributed by atoms with Gasteiger partial charge in [0.15, 0.2) is 0 Å². The molecule has 1 atom stereocenters. The van der Waals surface area contributed by atoms with Crippen LogP contribution in [0.15, 0.2) is 24.3 Å². The number of fused-ring (bicyclic) bond motifs is 1. The van der Waals surface area contributed by atoms with Crippen molar-refractivity contribution in [2.24, 2.45) is 5.92 Å². The van der Waals surface area contributed by atoms with Crippen molar-refractivity contribution in [3.05, 3.63) is 29.8 Å². The van der Waals surface area contributed by atoms with Crippen molar-refractivity contribution in [2.75, 3.05) is 4.90 Å². The summed E-state index contributed by atoms with van der Waals surface area (Å²) in [5.41, 5.74) is 1.75. The molecule has 1 aliphatic rings. The van der Waals surface area contributed by atoms with Crippen LogP contribution in [0.25, 0.3) is 0 Å². The number of carbonyl (C=O) groups excluding carboxylic acids is 2. The van der Waals surface area contributed by atoms with Crippen LogP contribution in [0.2, 0.25) is 0 Å². The lowest BCUT2D eigenvalue weighted by atomic mass is 9.91. The summed E-state index contributed by atoms with van der Waals surface area (Å²) < 4.78 is 0. The van der Waals surface area contributed by atoms with Gasteiger partial charge in [-0.05, 0) is 24.0 Å². The normalized spacial score (nSPS) is 18.7. The first kappa shape index (κ1) is 11.8. The Bertz CT molecular complexity index is 465. The zero-order valence-electron chi connectivity index (χ0n) is 10.4. The third-order valence-electron chi connectivity index (χ3n) is 3.09. The molecule has 0 saturated heterocycles. The van der Waals surface area contributed by atoms with Gasteiger partial charge in [-0.25, -0.2) is 4.90 Å². The summed E-state index contributed by atoms with van der Waals surface area (Å²) in [6.45, 7) is 5.62. The van der Waals surface area contributed by atoms with Gasteiger partial charge in [0.25, 0.3) is 0 Å². The van der Waals surface area contributed by atoms with Crippen LogP contribution in [0.4, 0.5) is 5.69 Å². The number of hydrogen-bond donors (Lipinski definition) is 0. The van der Waals surface area contributed by atoms with Crippen molar-refractivity contribution in [1.29, 1.82) is 0 Å². The van der Waals surface area contributed by atoms with Gasteiger partial charge in [-0.3, -0.25) is 9.59 Å². The Labute approximate surface area is 101 Å². The topological polar surface area (TPSA) is 37.4 Å². The molecule has 1 unspecified atom stereocenters. The first-order chi connectivity index (χ1) is 8.02. The highest BCUT2D eigenvalue weighted by Crippen LogP contribution is 2.40. The zero-order chi connectivity index (χ0) is 12.6. The van der Waals surface area contributed by atoms with Crippen molar-refractivity contribution in [3.63, 3.8) is 0 Å². The first-order valence-electron chi connectivity index (χ1n) is 5.95. The van der Waals surface area contributed by atoms with E-state index < -0.39 is 0 Å². The maximum atomic E-state index is 12.2. The predicted molar refractivity (Wildman–Crippen MR) is 66.8 cm³/mol. The van der Waals surface area contributed by atoms with E-state index >= 15 is 0 Å². The molecule has 0 aromatic heterocycles. The van der Waals surface area contributed by atoms with Crippen LogP contribution >= 0.6 is 0 Å². The molecule has 0 radical (unpaired) electrons. The van der Waals surface area contributed by atoms with Crippen molar-refractivity contribution in [3.8, 4) is 0 Å². The molecule has 1 aliphatic heterocycles. The minimum atomic E-state index is -0.200. The molecule has 0 aliphatic carbocycles. The van der Waals surface area contributed by atoms with Crippen LogP contribution in [0.1, 0.15) is 38.7 Å². The fourth-order valence-corrected chi connectivity index (χ4v) is 2.42. The highest BCUT2D eigenvalue weighted by Gasteiger charge is 2.39. The number of carbonyl (C=O) groups is 2. The second-order valence-corrected chi connectivity index (χ2v) is 4.93. The van der Waals surface area contributed by atoms with Gasteiger partial charge in [0.05, 0.1) is 11.6 Å². The monoisotopic (exact) mass is 231 g/mol. The lowest BCUT2D eigenvalue weighted by Gasteiger charge is -2.14. The predicted octanol–water partition coefficient (Wildman–Crippen LogP) is 2.71. The zero-order valence-corrected chi connectivity index (χ0v) is 10.4. The van der Waals surface area contributed by atoms with E-state index in [0.717, 1.165) is 17.7 Å². The molecule has 0 N–H and O–H groups in total. The van der Waals surface area contributed by atoms with Gasteiger partial charge < -0.3 is 0 Å². The summed E-state index contributed by atoms with van der Waals surface area (Å²) in [4.78, 5) is 25.1. The minimum Gasteiger partial charge on any atom is -0.274 e. The standard InChI is InChI=1S/C14H17NO2/c1-9(2)8-12-11-6-4-5-7-13(11)15(10(3)16)14(12)17/h4-7,9,12H,8H2,1-3H3. The van der Waals surface area contributed by atoms with Gasteiger partial charge in [-0.2, -0.15) is 0 Å². The van der Waals surface area contributed by atoms with E-state index in [0.29, 0.717) is 5.92 Å². The van der Waals surface area contributed by atoms with Crippen molar-refractivity contribution in [2.45, 2.75) is 33.1 Å². The van der Waals surface area contributed by atoms with Crippen LogP contribution in [0, 0.1) is 5.92 Å². The molecule has 3 nitrogen and oxygen atoms in total. The highest BCUT2D eigenvalue weighted by molar-refractivity contribution is 6.20. The third kappa shape index (κ3) is 1.97. The Balaban J connectivity index is 2.45. The maximum Gasteiger partial charge on any atom is 0.241 e. The fraction of sp³-hybridized carbons (Fsp3) is 0.429. The molecule has 0 saturated carbocycles. The molecule has 0 spiro atoms. The molecule has 3 heteroatoms. The lowest BCUT2D eigenvalue weighted by Crippen LogP contribution is -2.33. The van der Waals surface area contributed by atoms with Gasteiger partial charge >= 0.3 is 0 Å². The average molecular weight is 231 g/mol. The van der Waals surface area contributed by atoms with Crippen LogP contribution in [0.3, 0.4) is 0 Å². The molecule has 0 fully saturated rings. The van der Waals surface area contributed by atoms with E-state index in [4.69, 9.17) is 0 Å². The smallest absolute Gasteiger partial charge is 0.241 e. The number of anilines is 1. The number of benzene rings is 1. The van der Waals surface area contributed by atoms with Gasteiger partial charge in [0.2, 0.25) is 11.8 Å². The highest BCUT2D eigenvalue weighted by atomic mass is 16.2. The van der Waals surface area contributed by atoms with Crippen LogP contribution < -0.4 is 4.90 Å². The number of para-hydroxylation sites is 1. The number of nitrogens with zero attached hydrogens (tertiary/aromatic N) is 1. The van der Waals surface area contributed by atoms with Gasteiger partial charge in [0.1, 0.15) is 0 Å². The molecule has 1 aromatic carbocycles. The third-order valence-corrected chi connectivity index (χ3v) is 3.09. The van der Waals surface area contributed by atoms with Crippen LogP contribution in [-0.2, 0) is 9.59 Å². The molecule has 2 rings (SSSR count). The Kier molecular flexibility index (Phi) is 3.01. The molecule has 1 heterocycles. The molecule has 2 amide bonds. The number of hydrogen-bond acceptors (Lipinski definition) is 2. The van der Waals surface area contributed by atoms with E-state index in [2.05, 4.69) is 13.8 Å². The summed E-state index contributed by atoms with van der Waals surface area (Å²) in [5.74, 6) is 0.000111. The Morgan fingerprint density at radius 3 is 2.59 bits per heavy atom.